The minimum absolute atomic E-state index is 0.0896. The van der Waals surface area contributed by atoms with Gasteiger partial charge >= 0.3 is 5.69 Å². The highest BCUT2D eigenvalue weighted by atomic mass is 35.5. The molecule has 150 valence electrons. The third-order valence-corrected chi connectivity index (χ3v) is 5.64. The van der Waals surface area contributed by atoms with Crippen LogP contribution in [0, 0.1) is 17.0 Å². The van der Waals surface area contributed by atoms with Gasteiger partial charge in [0.25, 0.3) is 0 Å². The van der Waals surface area contributed by atoms with Crippen molar-refractivity contribution in [2.75, 3.05) is 5.32 Å². The summed E-state index contributed by atoms with van der Waals surface area (Å²) in [7, 11) is 0. The fourth-order valence-electron chi connectivity index (χ4n) is 2.86. The van der Waals surface area contributed by atoms with Crippen LogP contribution in [0.25, 0.3) is 21.8 Å². The average Bonchev–Trinajstić information content (AvgIpc) is 3.23. The number of nitrogens with one attached hydrogen (secondary N) is 1. The Morgan fingerprint density at radius 1 is 1.07 bits per heavy atom. The molecule has 2 heterocycles. The van der Waals surface area contributed by atoms with Gasteiger partial charge in [0.2, 0.25) is 11.0 Å². The van der Waals surface area contributed by atoms with Crippen LogP contribution in [0.4, 0.5) is 11.5 Å². The smallest absolute Gasteiger partial charge is 0.348 e. The number of aromatic nitrogens is 3. The van der Waals surface area contributed by atoms with Gasteiger partial charge in [-0.15, -0.1) is 11.3 Å². The molecule has 0 atom stereocenters. The van der Waals surface area contributed by atoms with Crippen LogP contribution in [-0.2, 0) is 6.54 Å². The maximum atomic E-state index is 11.2. The number of thiazole rings is 1. The molecule has 4 rings (SSSR count). The van der Waals surface area contributed by atoms with E-state index in [9.17, 15) is 10.1 Å². The predicted molar refractivity (Wildman–Crippen MR) is 119 cm³/mol. The first-order valence-corrected chi connectivity index (χ1v) is 10.3. The molecule has 0 fully saturated rings. The van der Waals surface area contributed by atoms with Gasteiger partial charge in [0.05, 0.1) is 10.6 Å². The lowest BCUT2D eigenvalue weighted by Gasteiger charge is -2.07. The van der Waals surface area contributed by atoms with E-state index >= 15 is 0 Å². The first kappa shape index (κ1) is 19.9. The van der Waals surface area contributed by atoms with E-state index in [0.717, 1.165) is 27.4 Å². The molecule has 4 aromatic rings. The number of aryl methyl sites for hydroxylation is 1. The number of hydrogen-bond acceptors (Lipinski definition) is 7. The molecule has 0 aliphatic carbocycles. The Kier molecular flexibility index (Phi) is 5.69. The van der Waals surface area contributed by atoms with Crippen molar-refractivity contribution < 1.29 is 4.92 Å². The van der Waals surface area contributed by atoms with Crippen molar-refractivity contribution in [2.24, 2.45) is 0 Å². The molecule has 0 radical (unpaired) electrons. The van der Waals surface area contributed by atoms with Gasteiger partial charge in [-0.2, -0.15) is 0 Å². The van der Waals surface area contributed by atoms with Crippen LogP contribution in [0.2, 0.25) is 5.15 Å². The van der Waals surface area contributed by atoms with Crippen LogP contribution in [0.5, 0.6) is 0 Å². The number of benzene rings is 2. The molecule has 2 aromatic carbocycles. The summed E-state index contributed by atoms with van der Waals surface area (Å²) in [5, 5.41) is 16.9. The summed E-state index contributed by atoms with van der Waals surface area (Å²) < 4.78 is 0. The Bertz CT molecular complexity index is 1190. The lowest BCUT2D eigenvalue weighted by atomic mass is 10.1. The molecule has 0 bridgehead atoms. The molecular weight excluding hydrogens is 422 g/mol. The maximum Gasteiger partial charge on any atom is 0.348 e. The summed E-state index contributed by atoms with van der Waals surface area (Å²) in [5.74, 6) is 0.0896. The van der Waals surface area contributed by atoms with Gasteiger partial charge in [-0.05, 0) is 12.5 Å². The Balaban J connectivity index is 1.47. The first-order valence-electron chi connectivity index (χ1n) is 9.02. The highest BCUT2D eigenvalue weighted by Gasteiger charge is 2.21. The summed E-state index contributed by atoms with van der Waals surface area (Å²) in [6.07, 6.45) is 1.19. The monoisotopic (exact) mass is 437 g/mol. The molecule has 0 aliphatic heterocycles. The highest BCUT2D eigenvalue weighted by molar-refractivity contribution is 7.13. The van der Waals surface area contributed by atoms with Gasteiger partial charge in [-0.3, -0.25) is 10.1 Å². The third kappa shape index (κ3) is 4.29. The summed E-state index contributed by atoms with van der Waals surface area (Å²) in [6.45, 7) is 2.42. The van der Waals surface area contributed by atoms with Crippen molar-refractivity contribution >= 4 is 34.4 Å². The molecule has 0 saturated carbocycles. The van der Waals surface area contributed by atoms with E-state index in [4.69, 9.17) is 16.6 Å². The minimum Gasteiger partial charge on any atom is -0.360 e. The fraction of sp³-hybridized carbons (Fsp3) is 0.0952. The molecule has 0 spiro atoms. The topological polar surface area (TPSA) is 93.8 Å². The molecule has 0 amide bonds. The van der Waals surface area contributed by atoms with Gasteiger partial charge in [0.15, 0.2) is 0 Å². The Morgan fingerprint density at radius 2 is 1.77 bits per heavy atom. The number of anilines is 1. The maximum absolute atomic E-state index is 11.2. The minimum atomic E-state index is -0.595. The second kappa shape index (κ2) is 8.56. The van der Waals surface area contributed by atoms with Crippen LogP contribution in [0.1, 0.15) is 11.1 Å². The van der Waals surface area contributed by atoms with Crippen LogP contribution < -0.4 is 5.32 Å². The molecule has 30 heavy (non-hydrogen) atoms. The van der Waals surface area contributed by atoms with Gasteiger partial charge in [0, 0.05) is 23.1 Å². The van der Waals surface area contributed by atoms with E-state index in [1.54, 1.807) is 11.3 Å². The summed E-state index contributed by atoms with van der Waals surface area (Å²) in [6, 6.07) is 16.2. The van der Waals surface area contributed by atoms with Crippen molar-refractivity contribution in [2.45, 2.75) is 13.5 Å². The lowest BCUT2D eigenvalue weighted by Crippen LogP contribution is -2.05. The average molecular weight is 438 g/mol. The Hall–Kier alpha value is -3.36. The number of hydrogen-bond donors (Lipinski definition) is 1. The zero-order valence-corrected chi connectivity index (χ0v) is 17.4. The highest BCUT2D eigenvalue weighted by Crippen LogP contribution is 2.30. The molecule has 9 heteroatoms. The van der Waals surface area contributed by atoms with Gasteiger partial charge in [-0.25, -0.2) is 15.0 Å². The van der Waals surface area contributed by atoms with Crippen LogP contribution in [-0.4, -0.2) is 19.9 Å². The lowest BCUT2D eigenvalue weighted by molar-refractivity contribution is -0.384. The van der Waals surface area contributed by atoms with E-state index in [0.29, 0.717) is 6.54 Å². The second-order valence-electron chi connectivity index (χ2n) is 6.57. The fourth-order valence-corrected chi connectivity index (χ4v) is 3.90. The van der Waals surface area contributed by atoms with Crippen molar-refractivity contribution in [3.8, 4) is 21.8 Å². The van der Waals surface area contributed by atoms with Crippen LogP contribution in [0.3, 0.4) is 0 Å². The molecule has 7 nitrogen and oxygen atoms in total. The number of nitro groups is 1. The van der Waals surface area contributed by atoms with Gasteiger partial charge in [0.1, 0.15) is 11.3 Å². The molecule has 1 N–H and O–H groups in total. The third-order valence-electron chi connectivity index (χ3n) is 4.47. The standard InChI is InChI=1S/C21H16ClN5O2S/c1-13-2-6-15(7-3-13)17-11-30-21(26-17)16-8-4-14(5-9-16)10-23-20-18(27(28)29)19(22)24-12-25-20/h2-9,11-12H,10H2,1H3,(H,23,24,25). The van der Waals surface area contributed by atoms with E-state index in [-0.39, 0.29) is 16.7 Å². The van der Waals surface area contributed by atoms with Crippen LogP contribution in [0.15, 0.2) is 60.2 Å². The molecule has 0 unspecified atom stereocenters. The zero-order valence-electron chi connectivity index (χ0n) is 15.9. The number of halogens is 1. The largest absolute Gasteiger partial charge is 0.360 e. The summed E-state index contributed by atoms with van der Waals surface area (Å²) >= 11 is 7.40. The first-order chi connectivity index (χ1) is 14.5. The summed E-state index contributed by atoms with van der Waals surface area (Å²) in [5.41, 5.74) is 4.88. The number of nitrogens with zero attached hydrogens (tertiary/aromatic N) is 4. The Morgan fingerprint density at radius 3 is 2.47 bits per heavy atom. The van der Waals surface area contributed by atoms with Crippen LogP contribution >= 0.6 is 22.9 Å². The van der Waals surface area contributed by atoms with E-state index in [1.165, 1.54) is 11.9 Å². The van der Waals surface area contributed by atoms with Gasteiger partial charge in [-0.1, -0.05) is 65.7 Å². The molecular formula is C21H16ClN5O2S. The SMILES string of the molecule is Cc1ccc(-c2csc(-c3ccc(CNc4ncnc(Cl)c4[N+](=O)[O-])cc3)n2)cc1. The van der Waals surface area contributed by atoms with E-state index in [1.807, 2.05) is 29.6 Å². The number of rotatable bonds is 6. The molecule has 2 aromatic heterocycles. The molecule has 0 saturated heterocycles. The van der Waals surface area contributed by atoms with Crippen molar-refractivity contribution in [3.05, 3.63) is 86.6 Å². The summed E-state index contributed by atoms with van der Waals surface area (Å²) in [4.78, 5) is 22.9. The predicted octanol–water partition coefficient (Wildman–Crippen LogP) is 5.75. The quantitative estimate of drug-likeness (QED) is 0.234. The molecule has 0 aliphatic rings. The van der Waals surface area contributed by atoms with Crippen molar-refractivity contribution in [1.29, 1.82) is 0 Å². The van der Waals surface area contributed by atoms with Crippen molar-refractivity contribution in [3.63, 3.8) is 0 Å². The Labute approximate surface area is 181 Å². The normalized spacial score (nSPS) is 10.7. The second-order valence-corrected chi connectivity index (χ2v) is 7.79. The van der Waals surface area contributed by atoms with Gasteiger partial charge < -0.3 is 5.32 Å². The van der Waals surface area contributed by atoms with Crippen molar-refractivity contribution in [1.82, 2.24) is 15.0 Å². The zero-order chi connectivity index (χ0) is 21.1. The van der Waals surface area contributed by atoms with E-state index < -0.39 is 4.92 Å². The van der Waals surface area contributed by atoms with E-state index in [2.05, 4.69) is 46.5 Å².